The van der Waals surface area contributed by atoms with Gasteiger partial charge in [-0.05, 0) is 152 Å². The predicted molar refractivity (Wildman–Crippen MR) is 483 cm³/mol. The smallest absolute Gasteiger partial charge is 0.407 e. The molecule has 2 aliphatic carbocycles. The Bertz CT molecular complexity index is 3410. The third-order valence-electron chi connectivity index (χ3n) is 20.1. The van der Waals surface area contributed by atoms with Gasteiger partial charge >= 0.3 is 60.2 Å². The molecule has 0 heterocycles. The monoisotopic (exact) mass is 1820 g/mol. The first kappa shape index (κ1) is 113. The molecule has 712 valence electrons. The van der Waals surface area contributed by atoms with Crippen molar-refractivity contribution < 1.29 is 137 Å². The molecule has 2 aliphatic rings. The Morgan fingerprint density at radius 3 is 0.811 bits per heavy atom. The normalized spacial score (nSPS) is 18.4. The standard InChI is InChI=1S/C92H142N4O29Si2/c1-27-67(11)111-55-89(59-115-75(97)31-5,60-116-76(98)32-6)51-109-53-91(57-113-69(13)29-3,63-119-79(101)35-9)65-121-81(103)93-73-43-85(17,18)49-87(21,45-73)95-83(105)123-71(15)47-107-39-37-41-126(23,24)125-127(25,26)42-38-40-108-48-72(16)124-84(106)96-88(22)46-74(44-86(19,20)50-88)94-82(104)122-66-92(58-114-70(14)30-4,64-120-80(102)36-10)54-110-52-90(56-112-68(12)28-2,61-117-77(99)33-7)62-118-78(100)34-8/h27-36,71-74H,1-14,37-66H2,15-26H3,(H,93,103)(H,94,104)(H,95,105)(H,96,106). The van der Waals surface area contributed by atoms with E-state index in [1.54, 1.807) is 13.8 Å². The summed E-state index contributed by atoms with van der Waals surface area (Å²) in [6.45, 7) is 69.8. The van der Waals surface area contributed by atoms with Gasteiger partial charge in [0.2, 0.25) is 0 Å². The van der Waals surface area contributed by atoms with Crippen molar-refractivity contribution in [1.29, 1.82) is 0 Å². The number of amides is 4. The van der Waals surface area contributed by atoms with Crippen molar-refractivity contribution in [3.8, 4) is 0 Å². The van der Waals surface area contributed by atoms with E-state index >= 15 is 0 Å². The molecule has 35 heteroatoms. The van der Waals surface area contributed by atoms with E-state index in [1.165, 1.54) is 24.3 Å². The molecule has 0 bridgehead atoms. The van der Waals surface area contributed by atoms with Gasteiger partial charge in [-0.25, -0.2) is 47.9 Å². The summed E-state index contributed by atoms with van der Waals surface area (Å²) in [4.78, 5) is 130. The number of hydrogen-bond acceptors (Lipinski definition) is 29. The van der Waals surface area contributed by atoms with E-state index in [-0.39, 0.29) is 89.1 Å². The summed E-state index contributed by atoms with van der Waals surface area (Å²) in [5, 5.41) is 12.0. The van der Waals surface area contributed by atoms with Crippen LogP contribution in [-0.2, 0) is 118 Å². The number of nitrogens with one attached hydrogen (secondary N) is 4. The number of carbonyl (C=O) groups is 10. The maximum atomic E-state index is 14.0. The minimum Gasteiger partial charge on any atom is -0.493 e. The number of hydrogen-bond donors (Lipinski definition) is 4. The Kier molecular flexibility index (Phi) is 48.6. The lowest BCUT2D eigenvalue weighted by Crippen LogP contribution is -2.58. The lowest BCUT2D eigenvalue weighted by molar-refractivity contribution is -0.162. The molecule has 33 nitrogen and oxygen atoms in total. The van der Waals surface area contributed by atoms with E-state index in [0.717, 1.165) is 61.4 Å². The molecule has 0 saturated heterocycles. The summed E-state index contributed by atoms with van der Waals surface area (Å²) in [6.07, 6.45) is 10.9. The molecule has 0 aromatic rings. The Labute approximate surface area is 752 Å². The van der Waals surface area contributed by atoms with Gasteiger partial charge in [-0.2, -0.15) is 0 Å². The molecule has 8 atom stereocenters. The molecule has 0 aromatic carbocycles. The highest BCUT2D eigenvalue weighted by atomic mass is 28.4. The van der Waals surface area contributed by atoms with Crippen LogP contribution in [0.1, 0.15) is 107 Å². The first-order chi connectivity index (χ1) is 59.4. The number of allylic oxidation sites excluding steroid dienone is 4. The van der Waals surface area contributed by atoms with E-state index in [0.29, 0.717) is 51.7 Å². The summed E-state index contributed by atoms with van der Waals surface area (Å²) in [7, 11) is -4.35. The highest BCUT2D eigenvalue weighted by Gasteiger charge is 2.48. The topological polar surface area (TPSA) is 394 Å². The number of esters is 6. The summed E-state index contributed by atoms with van der Waals surface area (Å²) in [5.74, 6) is -4.24. The van der Waals surface area contributed by atoms with Gasteiger partial charge in [0.15, 0.2) is 16.6 Å². The van der Waals surface area contributed by atoms with Crippen molar-refractivity contribution in [2.45, 2.75) is 180 Å². The number of rotatable bonds is 66. The maximum absolute atomic E-state index is 14.0. The zero-order valence-electron chi connectivity index (χ0n) is 77.0. The van der Waals surface area contributed by atoms with Gasteiger partial charge in [-0.1, -0.05) is 120 Å². The van der Waals surface area contributed by atoms with Crippen LogP contribution in [0.15, 0.2) is 176 Å². The van der Waals surface area contributed by atoms with Gasteiger partial charge in [-0.15, -0.1) is 0 Å². The van der Waals surface area contributed by atoms with Crippen molar-refractivity contribution in [2.75, 3.05) is 132 Å². The molecule has 0 spiro atoms. The minimum absolute atomic E-state index is 0.129. The van der Waals surface area contributed by atoms with Crippen LogP contribution in [0.4, 0.5) is 19.2 Å². The Balaban J connectivity index is 2.03. The van der Waals surface area contributed by atoms with E-state index < -0.39 is 198 Å². The molecule has 127 heavy (non-hydrogen) atoms. The van der Waals surface area contributed by atoms with Crippen LogP contribution in [0.25, 0.3) is 0 Å². The molecule has 2 fully saturated rings. The molecular formula is C92H142N4O29Si2. The van der Waals surface area contributed by atoms with Crippen molar-refractivity contribution in [3.63, 3.8) is 0 Å². The fourth-order valence-electron chi connectivity index (χ4n) is 14.6. The second-order valence-corrected chi connectivity index (χ2v) is 44.7. The van der Waals surface area contributed by atoms with Crippen molar-refractivity contribution in [2.24, 2.45) is 32.5 Å². The fourth-order valence-corrected chi connectivity index (χ4v) is 23.4. The highest BCUT2D eigenvalue weighted by molar-refractivity contribution is 6.84. The predicted octanol–water partition coefficient (Wildman–Crippen LogP) is 13.8. The van der Waals surface area contributed by atoms with Gasteiger partial charge in [0.1, 0.15) is 115 Å². The Morgan fingerprint density at radius 1 is 0.339 bits per heavy atom. The lowest BCUT2D eigenvalue weighted by Gasteiger charge is -2.46. The van der Waals surface area contributed by atoms with Crippen molar-refractivity contribution in [1.82, 2.24) is 21.3 Å². The number of carbonyl (C=O) groups excluding carboxylic acids is 10. The second kappa shape index (κ2) is 54.8. The van der Waals surface area contributed by atoms with E-state index in [9.17, 15) is 47.9 Å². The molecule has 4 N–H and O–H groups in total. The molecule has 0 radical (unpaired) electrons. The van der Waals surface area contributed by atoms with Gasteiger partial charge in [0.25, 0.3) is 0 Å². The number of ether oxygens (including phenoxy) is 18. The SMILES string of the molecule is C=CC(=C)OCC(COCC(COC(=C)C=C)(COC(=O)C=C)COC(=O)NC1CC(C)(C)CC(C)(NC(=O)OC(C)COCCC[Si](C)(C)O[Si](C)(C)CCCOCC(C)OC(=O)NC2(C)CC(NC(=O)OCC(COCC(COC(=C)C=C)(COC(=O)C=C)COC(=O)C=C)(COC(=C)C=C)COC(=O)C=C)CC(C)(C)C2)C1)(COC(=O)C=C)COC(=O)C=C. The molecule has 4 amide bonds. The van der Waals surface area contributed by atoms with E-state index in [1.807, 2.05) is 41.5 Å². The quantitative estimate of drug-likeness (QED) is 0.00835. The zero-order valence-corrected chi connectivity index (χ0v) is 79.0. The number of alkyl carbamates (subject to hydrolysis) is 4. The molecule has 8 unspecified atom stereocenters. The van der Waals surface area contributed by atoms with Crippen LogP contribution in [-0.4, -0.2) is 244 Å². The summed E-state index contributed by atoms with van der Waals surface area (Å²) < 4.78 is 111. The molecule has 2 rings (SSSR count). The summed E-state index contributed by atoms with van der Waals surface area (Å²) in [5.41, 5.74) is -8.27. The first-order valence-corrected chi connectivity index (χ1v) is 48.0. The second-order valence-electron chi connectivity index (χ2n) is 35.8. The summed E-state index contributed by atoms with van der Waals surface area (Å²) in [6, 6.07) is 0.609. The lowest BCUT2D eigenvalue weighted by atomic mass is 9.67. The Hall–Kier alpha value is -10.3. The first-order valence-electron chi connectivity index (χ1n) is 41.8. The third kappa shape index (κ3) is 46.3. The van der Waals surface area contributed by atoms with Crippen molar-refractivity contribution >= 4 is 76.8 Å². The minimum atomic E-state index is -2.18. The van der Waals surface area contributed by atoms with E-state index in [4.69, 9.17) is 89.4 Å². The molecule has 2 saturated carbocycles. The molecular weight excluding hydrogens is 1680 g/mol. The van der Waals surface area contributed by atoms with Crippen LogP contribution in [0.2, 0.25) is 38.3 Å². The molecule has 0 aliphatic heterocycles. The fraction of sp³-hybridized carbons (Fsp3) is 0.587. The van der Waals surface area contributed by atoms with Crippen LogP contribution in [0, 0.1) is 32.5 Å². The Morgan fingerprint density at radius 2 is 0.575 bits per heavy atom. The summed E-state index contributed by atoms with van der Waals surface area (Å²) >= 11 is 0. The van der Waals surface area contributed by atoms with E-state index in [2.05, 4.69) is 140 Å². The zero-order chi connectivity index (χ0) is 95.9. The largest absolute Gasteiger partial charge is 0.493 e. The van der Waals surface area contributed by atoms with Crippen LogP contribution in [0.3, 0.4) is 0 Å². The van der Waals surface area contributed by atoms with Gasteiger partial charge in [-0.3, -0.25) is 0 Å². The highest BCUT2D eigenvalue weighted by Crippen LogP contribution is 2.43. The average Bonchev–Trinajstić information content (AvgIpc) is 0.795. The molecule has 0 aromatic heterocycles. The van der Waals surface area contributed by atoms with Crippen LogP contribution in [0.5, 0.6) is 0 Å². The van der Waals surface area contributed by atoms with Gasteiger partial charge in [0, 0.05) is 72.8 Å². The maximum Gasteiger partial charge on any atom is 0.407 e. The van der Waals surface area contributed by atoms with Crippen LogP contribution < -0.4 is 21.3 Å². The third-order valence-corrected chi connectivity index (χ3v) is 27.7. The average molecular weight is 1820 g/mol. The van der Waals surface area contributed by atoms with Gasteiger partial charge < -0.3 is 111 Å². The van der Waals surface area contributed by atoms with Gasteiger partial charge in [0.05, 0.1) is 61.3 Å². The van der Waals surface area contributed by atoms with Crippen molar-refractivity contribution in [3.05, 3.63) is 176 Å². The van der Waals surface area contributed by atoms with Crippen LogP contribution >= 0.6 is 0 Å².